The molecule has 2 aromatic carbocycles. The molecule has 0 fully saturated rings. The number of rotatable bonds is 5. The molecule has 5 rings (SSSR count). The van der Waals surface area contributed by atoms with Gasteiger partial charge in [-0.3, -0.25) is 9.20 Å². The van der Waals surface area contributed by atoms with E-state index in [2.05, 4.69) is 0 Å². The highest BCUT2D eigenvalue weighted by molar-refractivity contribution is 7.15. The molecular weight excluding hydrogens is 426 g/mol. The molecule has 32 heavy (non-hydrogen) atoms. The molecule has 2 aromatic heterocycles. The number of ether oxygens (including phenoxy) is 3. The van der Waals surface area contributed by atoms with Crippen molar-refractivity contribution in [2.24, 2.45) is 0 Å². The molecule has 7 nitrogen and oxygen atoms in total. The molecule has 0 atom stereocenters. The van der Waals surface area contributed by atoms with E-state index in [1.54, 1.807) is 33.3 Å². The van der Waals surface area contributed by atoms with Gasteiger partial charge in [0.05, 0.1) is 38.3 Å². The molecule has 8 heteroatoms. The molecule has 1 aliphatic heterocycles. The second kappa shape index (κ2) is 7.72. The first-order chi connectivity index (χ1) is 15.5. The molecule has 3 heterocycles. The average molecular weight is 448 g/mol. The van der Waals surface area contributed by atoms with Crippen molar-refractivity contribution in [3.63, 3.8) is 0 Å². The summed E-state index contributed by atoms with van der Waals surface area (Å²) in [5.74, 6) is 1.99. The fourth-order valence-electron chi connectivity index (χ4n) is 3.97. The Balaban J connectivity index is 1.77. The minimum Gasteiger partial charge on any atom is -0.497 e. The van der Waals surface area contributed by atoms with Gasteiger partial charge in [0.2, 0.25) is 0 Å². The number of aromatic nitrogens is 2. The lowest BCUT2D eigenvalue weighted by Crippen LogP contribution is -2.20. The minimum atomic E-state index is -0.0815. The number of hydrogen-bond donors (Lipinski definition) is 0. The maximum atomic E-state index is 13.2. The second-order valence-electron chi connectivity index (χ2n) is 7.27. The predicted molar refractivity (Wildman–Crippen MR) is 126 cm³/mol. The highest BCUT2D eigenvalue weighted by Crippen LogP contribution is 2.42. The third kappa shape index (κ3) is 3.03. The molecule has 0 aliphatic carbocycles. The molecule has 0 bridgehead atoms. The van der Waals surface area contributed by atoms with Crippen LogP contribution in [0.2, 0.25) is 0 Å². The summed E-state index contributed by atoms with van der Waals surface area (Å²) >= 11 is 1.53. The Morgan fingerprint density at radius 1 is 0.969 bits per heavy atom. The number of nitrogens with zero attached hydrogens (tertiary/aromatic N) is 3. The van der Waals surface area contributed by atoms with Gasteiger partial charge in [-0.25, -0.2) is 4.98 Å². The van der Waals surface area contributed by atoms with Crippen molar-refractivity contribution < 1.29 is 19.0 Å². The summed E-state index contributed by atoms with van der Waals surface area (Å²) < 4.78 is 18.4. The molecular formula is C24H21N3O4S. The summed E-state index contributed by atoms with van der Waals surface area (Å²) in [6.07, 6.45) is 3.84. The topological polar surface area (TPSA) is 65.3 Å². The monoisotopic (exact) mass is 447 g/mol. The fraction of sp³-hybridized carbons (Fsp3) is 0.167. The first-order valence-corrected chi connectivity index (χ1v) is 10.8. The van der Waals surface area contributed by atoms with Crippen molar-refractivity contribution in [1.29, 1.82) is 0 Å². The zero-order valence-electron chi connectivity index (χ0n) is 18.1. The summed E-state index contributed by atoms with van der Waals surface area (Å²) in [6.45, 7) is 0. The second-order valence-corrected chi connectivity index (χ2v) is 8.15. The Morgan fingerprint density at radius 2 is 1.69 bits per heavy atom. The first-order valence-electron chi connectivity index (χ1n) is 9.91. The van der Waals surface area contributed by atoms with Crippen LogP contribution in [0.1, 0.15) is 11.3 Å². The van der Waals surface area contributed by atoms with E-state index in [1.165, 1.54) is 11.3 Å². The zero-order valence-corrected chi connectivity index (χ0v) is 18.9. The number of imidazole rings is 1. The maximum absolute atomic E-state index is 13.2. The van der Waals surface area contributed by atoms with Gasteiger partial charge in [-0.15, -0.1) is 11.3 Å². The number of carbonyl (C=O) groups excluding carboxylic acids is 1. The molecule has 0 unspecified atom stereocenters. The van der Waals surface area contributed by atoms with Crippen LogP contribution in [0.4, 0.5) is 5.69 Å². The van der Waals surface area contributed by atoms with E-state index in [-0.39, 0.29) is 5.91 Å². The van der Waals surface area contributed by atoms with Crippen LogP contribution >= 0.6 is 11.3 Å². The van der Waals surface area contributed by atoms with Crippen molar-refractivity contribution in [3.8, 4) is 28.5 Å². The summed E-state index contributed by atoms with van der Waals surface area (Å²) in [6, 6.07) is 11.2. The number of likely N-dealkylation sites (N-methyl/N-ethyl adjacent to an activating group) is 1. The molecule has 4 aromatic rings. The molecule has 0 saturated heterocycles. The number of carbonyl (C=O) groups is 1. The van der Waals surface area contributed by atoms with Gasteiger partial charge in [-0.2, -0.15) is 0 Å². The van der Waals surface area contributed by atoms with Gasteiger partial charge in [0, 0.05) is 29.8 Å². The van der Waals surface area contributed by atoms with E-state index in [1.807, 2.05) is 58.5 Å². The SMILES string of the molecule is COc1ccc2c(c1)/C(=C\c1c(-c3cc(OC)ccc3OC)nc3sccn13)C(=O)N2C. The van der Waals surface area contributed by atoms with Crippen LogP contribution in [0.5, 0.6) is 17.2 Å². The van der Waals surface area contributed by atoms with Crippen molar-refractivity contribution in [2.75, 3.05) is 33.3 Å². The number of fused-ring (bicyclic) bond motifs is 2. The third-order valence-electron chi connectivity index (χ3n) is 5.63. The number of thiazole rings is 1. The van der Waals surface area contributed by atoms with Crippen LogP contribution in [0.25, 0.3) is 27.9 Å². The van der Waals surface area contributed by atoms with Crippen molar-refractivity contribution >= 4 is 39.5 Å². The quantitative estimate of drug-likeness (QED) is 0.418. The number of hydrogen-bond acceptors (Lipinski definition) is 6. The molecule has 0 spiro atoms. The number of anilines is 1. The van der Waals surface area contributed by atoms with E-state index >= 15 is 0 Å². The van der Waals surface area contributed by atoms with Crippen LogP contribution in [-0.4, -0.2) is 43.7 Å². The summed E-state index contributed by atoms with van der Waals surface area (Å²) in [7, 11) is 6.64. The summed E-state index contributed by atoms with van der Waals surface area (Å²) in [5, 5.41) is 1.97. The van der Waals surface area contributed by atoms with Gasteiger partial charge in [0.1, 0.15) is 22.9 Å². The van der Waals surface area contributed by atoms with Crippen LogP contribution in [0.15, 0.2) is 48.0 Å². The molecule has 0 N–H and O–H groups in total. The largest absolute Gasteiger partial charge is 0.497 e. The van der Waals surface area contributed by atoms with Gasteiger partial charge in [0.15, 0.2) is 4.96 Å². The summed E-state index contributed by atoms with van der Waals surface area (Å²) in [4.78, 5) is 20.5. The number of benzene rings is 2. The highest BCUT2D eigenvalue weighted by atomic mass is 32.1. The Kier molecular flexibility index (Phi) is 4.86. The molecule has 162 valence electrons. The van der Waals surface area contributed by atoms with Crippen LogP contribution < -0.4 is 19.1 Å². The first kappa shape index (κ1) is 20.1. The summed E-state index contributed by atoms with van der Waals surface area (Å²) in [5.41, 5.74) is 4.54. The normalized spacial score (nSPS) is 14.3. The zero-order chi connectivity index (χ0) is 22.4. The highest BCUT2D eigenvalue weighted by Gasteiger charge is 2.31. The Morgan fingerprint density at radius 3 is 2.41 bits per heavy atom. The fourth-order valence-corrected chi connectivity index (χ4v) is 4.69. The minimum absolute atomic E-state index is 0.0815. The average Bonchev–Trinajstić information content (AvgIpc) is 3.48. The van der Waals surface area contributed by atoms with E-state index in [0.717, 1.165) is 27.5 Å². The molecule has 1 aliphatic rings. The molecule has 1 amide bonds. The predicted octanol–water partition coefficient (Wildman–Crippen LogP) is 4.61. The van der Waals surface area contributed by atoms with Gasteiger partial charge in [-0.05, 0) is 42.5 Å². The van der Waals surface area contributed by atoms with E-state index in [9.17, 15) is 4.79 Å². The Hall–Kier alpha value is -3.78. The lowest BCUT2D eigenvalue weighted by Gasteiger charge is -2.10. The molecule has 0 saturated carbocycles. The van der Waals surface area contributed by atoms with Gasteiger partial charge in [-0.1, -0.05) is 0 Å². The lowest BCUT2D eigenvalue weighted by atomic mass is 10.0. The van der Waals surface area contributed by atoms with Crippen LogP contribution in [-0.2, 0) is 4.79 Å². The van der Waals surface area contributed by atoms with E-state index in [4.69, 9.17) is 19.2 Å². The standard InChI is InChI=1S/C24H21N3O4S/c1-26-19-7-5-14(29-2)11-16(19)17(23(26)28)13-20-22(25-24-27(20)9-10-32-24)18-12-15(30-3)6-8-21(18)31-4/h5-13H,1-4H3/b17-13+. The third-order valence-corrected chi connectivity index (χ3v) is 6.39. The lowest BCUT2D eigenvalue weighted by molar-refractivity contribution is -0.112. The van der Waals surface area contributed by atoms with E-state index < -0.39 is 0 Å². The van der Waals surface area contributed by atoms with Crippen LogP contribution in [0.3, 0.4) is 0 Å². The van der Waals surface area contributed by atoms with Crippen LogP contribution in [0, 0.1) is 0 Å². The van der Waals surface area contributed by atoms with Gasteiger partial charge in [0.25, 0.3) is 5.91 Å². The van der Waals surface area contributed by atoms with Gasteiger partial charge >= 0.3 is 0 Å². The van der Waals surface area contributed by atoms with E-state index in [0.29, 0.717) is 28.5 Å². The molecule has 0 radical (unpaired) electrons. The Labute approximate surface area is 189 Å². The number of amides is 1. The van der Waals surface area contributed by atoms with Crippen molar-refractivity contribution in [3.05, 3.63) is 59.2 Å². The Bertz CT molecular complexity index is 1390. The van der Waals surface area contributed by atoms with Crippen molar-refractivity contribution in [2.45, 2.75) is 0 Å². The maximum Gasteiger partial charge on any atom is 0.258 e. The van der Waals surface area contributed by atoms with Crippen molar-refractivity contribution in [1.82, 2.24) is 9.38 Å². The smallest absolute Gasteiger partial charge is 0.258 e. The number of methoxy groups -OCH3 is 3. The van der Waals surface area contributed by atoms with Gasteiger partial charge < -0.3 is 19.1 Å².